The monoisotopic (exact) mass is 423 g/mol. The molecule has 0 atom stereocenters. The van der Waals surface area contributed by atoms with Crippen molar-refractivity contribution in [3.63, 3.8) is 0 Å². The SMILES string of the molecule is N=C/C(=C\NC1CC1)C1=C(/C=C/NC2=CC=c3ccn(CC(F)F)c3=CC2)C=NCC1. The van der Waals surface area contributed by atoms with Crippen molar-refractivity contribution in [1.82, 2.24) is 15.2 Å². The van der Waals surface area contributed by atoms with Gasteiger partial charge < -0.3 is 20.6 Å². The molecule has 31 heavy (non-hydrogen) atoms. The first-order chi connectivity index (χ1) is 15.1. The summed E-state index contributed by atoms with van der Waals surface area (Å²) < 4.78 is 27.2. The van der Waals surface area contributed by atoms with Crippen LogP contribution >= 0.6 is 0 Å². The van der Waals surface area contributed by atoms with E-state index in [1.165, 1.54) is 19.1 Å². The predicted molar refractivity (Wildman–Crippen MR) is 122 cm³/mol. The molecule has 3 N–H and O–H groups in total. The summed E-state index contributed by atoms with van der Waals surface area (Å²) >= 11 is 0. The van der Waals surface area contributed by atoms with Gasteiger partial charge in [0.05, 0.1) is 6.54 Å². The lowest BCUT2D eigenvalue weighted by atomic mass is 9.96. The normalized spacial score (nSPS) is 18.9. The van der Waals surface area contributed by atoms with Crippen molar-refractivity contribution in [3.8, 4) is 0 Å². The van der Waals surface area contributed by atoms with Gasteiger partial charge in [0.15, 0.2) is 0 Å². The molecule has 3 aliphatic rings. The molecule has 7 heteroatoms. The smallest absolute Gasteiger partial charge is 0.256 e. The molecule has 1 aromatic heterocycles. The van der Waals surface area contributed by atoms with E-state index in [1.54, 1.807) is 10.8 Å². The first-order valence-corrected chi connectivity index (χ1v) is 10.6. The number of hydrogen-bond acceptors (Lipinski definition) is 4. The van der Waals surface area contributed by atoms with Gasteiger partial charge in [0.25, 0.3) is 6.43 Å². The number of allylic oxidation sites excluding steroid dienone is 5. The molecule has 0 amide bonds. The number of nitrogens with zero attached hydrogens (tertiary/aromatic N) is 2. The minimum Gasteiger partial charge on any atom is -0.388 e. The van der Waals surface area contributed by atoms with Gasteiger partial charge in [-0.25, -0.2) is 8.78 Å². The number of halogens is 2. The van der Waals surface area contributed by atoms with Gasteiger partial charge in [0.2, 0.25) is 0 Å². The third-order valence-corrected chi connectivity index (χ3v) is 5.51. The van der Waals surface area contributed by atoms with Crippen LogP contribution in [0.4, 0.5) is 8.78 Å². The molecular weight excluding hydrogens is 396 g/mol. The van der Waals surface area contributed by atoms with Crippen molar-refractivity contribution in [2.75, 3.05) is 6.54 Å². The molecule has 0 spiro atoms. The summed E-state index contributed by atoms with van der Waals surface area (Å²) in [5.41, 5.74) is 3.96. The molecule has 1 aliphatic heterocycles. The zero-order valence-corrected chi connectivity index (χ0v) is 17.3. The number of alkyl halides is 2. The largest absolute Gasteiger partial charge is 0.388 e. The molecular formula is C24H27F2N5. The molecule has 0 radical (unpaired) electrons. The molecule has 162 valence electrons. The van der Waals surface area contributed by atoms with Gasteiger partial charge >= 0.3 is 0 Å². The molecule has 2 aliphatic carbocycles. The van der Waals surface area contributed by atoms with Gasteiger partial charge in [-0.3, -0.25) is 4.99 Å². The lowest BCUT2D eigenvalue weighted by molar-refractivity contribution is 0.125. The molecule has 2 heterocycles. The van der Waals surface area contributed by atoms with Crippen LogP contribution in [-0.2, 0) is 6.54 Å². The molecule has 4 rings (SSSR count). The second-order valence-corrected chi connectivity index (χ2v) is 7.85. The van der Waals surface area contributed by atoms with E-state index in [0.717, 1.165) is 45.9 Å². The summed E-state index contributed by atoms with van der Waals surface area (Å²) in [6, 6.07) is 2.41. The number of dihydropyridines is 1. The van der Waals surface area contributed by atoms with E-state index in [0.29, 0.717) is 12.5 Å². The number of hydrogen-bond donors (Lipinski definition) is 3. The van der Waals surface area contributed by atoms with Gasteiger partial charge in [-0.2, -0.15) is 0 Å². The number of aliphatic imine (C=N–C) groups is 1. The van der Waals surface area contributed by atoms with Crippen LogP contribution in [0.5, 0.6) is 0 Å². The first-order valence-electron chi connectivity index (χ1n) is 10.6. The summed E-state index contributed by atoms with van der Waals surface area (Å²) in [5, 5.41) is 16.2. The van der Waals surface area contributed by atoms with Gasteiger partial charge in [-0.15, -0.1) is 0 Å². The molecule has 5 nitrogen and oxygen atoms in total. The van der Waals surface area contributed by atoms with Crippen LogP contribution in [0, 0.1) is 5.41 Å². The summed E-state index contributed by atoms with van der Waals surface area (Å²) in [7, 11) is 0. The molecule has 0 saturated heterocycles. The van der Waals surface area contributed by atoms with E-state index in [-0.39, 0.29) is 6.54 Å². The highest BCUT2D eigenvalue weighted by Crippen LogP contribution is 2.23. The Kier molecular flexibility index (Phi) is 6.60. The van der Waals surface area contributed by atoms with Crippen LogP contribution in [0.2, 0.25) is 0 Å². The Balaban J connectivity index is 1.47. The average Bonchev–Trinajstić information content (AvgIpc) is 3.55. The van der Waals surface area contributed by atoms with E-state index >= 15 is 0 Å². The maximum absolute atomic E-state index is 12.8. The van der Waals surface area contributed by atoms with Gasteiger partial charge in [-0.1, -0.05) is 12.2 Å². The topological polar surface area (TPSA) is 65.2 Å². The van der Waals surface area contributed by atoms with Gasteiger partial charge in [0, 0.05) is 66.7 Å². The maximum Gasteiger partial charge on any atom is 0.256 e. The molecule has 0 bridgehead atoms. The zero-order chi connectivity index (χ0) is 21.6. The van der Waals surface area contributed by atoms with Crippen molar-refractivity contribution >= 4 is 24.6 Å². The maximum atomic E-state index is 12.8. The summed E-state index contributed by atoms with van der Waals surface area (Å²) in [6.45, 7) is 0.431. The van der Waals surface area contributed by atoms with Crippen LogP contribution in [0.25, 0.3) is 12.2 Å². The predicted octanol–water partition coefficient (Wildman–Crippen LogP) is 2.76. The van der Waals surface area contributed by atoms with Crippen molar-refractivity contribution < 1.29 is 8.78 Å². The van der Waals surface area contributed by atoms with Crippen LogP contribution in [0.15, 0.2) is 64.2 Å². The van der Waals surface area contributed by atoms with Gasteiger partial charge in [0.1, 0.15) is 0 Å². The highest BCUT2D eigenvalue weighted by atomic mass is 19.3. The second kappa shape index (κ2) is 9.73. The number of fused-ring (bicyclic) bond motifs is 1. The summed E-state index contributed by atoms with van der Waals surface area (Å²) in [4.78, 5) is 4.39. The molecule has 1 saturated carbocycles. The minimum absolute atomic E-state index is 0.295. The number of aromatic nitrogens is 1. The third-order valence-electron chi connectivity index (χ3n) is 5.51. The Morgan fingerprint density at radius 2 is 2.19 bits per heavy atom. The van der Waals surface area contributed by atoms with Crippen molar-refractivity contribution in [2.45, 2.75) is 44.7 Å². The third kappa shape index (κ3) is 5.48. The van der Waals surface area contributed by atoms with Crippen molar-refractivity contribution in [2.24, 2.45) is 4.99 Å². The minimum atomic E-state index is -2.37. The fourth-order valence-electron chi connectivity index (χ4n) is 3.69. The number of rotatable bonds is 9. The Labute approximate surface area is 180 Å². The molecule has 0 aromatic carbocycles. The summed E-state index contributed by atoms with van der Waals surface area (Å²) in [5.74, 6) is 0. The van der Waals surface area contributed by atoms with Crippen LogP contribution in [-0.4, -0.2) is 36.0 Å². The standard InChI is InChI=1S/C24H27F2N5/c25-24(26)16-31-12-9-17-1-2-20(5-6-23(17)31)29-11-7-18-14-28-10-8-22(18)19(13-27)15-30-21-3-4-21/h1-2,6-7,9,11-15,21,24,27,29-30H,3-5,8,10,16H2/b11-7+,19-15+,27-13?. The zero-order valence-electron chi connectivity index (χ0n) is 17.3. The van der Waals surface area contributed by atoms with E-state index in [4.69, 9.17) is 5.41 Å². The Morgan fingerprint density at radius 1 is 1.32 bits per heavy atom. The van der Waals surface area contributed by atoms with Crippen LogP contribution < -0.4 is 21.2 Å². The highest BCUT2D eigenvalue weighted by molar-refractivity contribution is 5.92. The second-order valence-electron chi connectivity index (χ2n) is 7.85. The fraction of sp³-hybridized carbons (Fsp3) is 0.333. The summed E-state index contributed by atoms with van der Waals surface area (Å²) in [6.07, 6.45) is 18.1. The van der Waals surface area contributed by atoms with E-state index in [2.05, 4.69) is 15.6 Å². The molecule has 1 fully saturated rings. The lowest BCUT2D eigenvalue weighted by Gasteiger charge is -2.14. The van der Waals surface area contributed by atoms with Crippen LogP contribution in [0.1, 0.15) is 25.7 Å². The van der Waals surface area contributed by atoms with E-state index in [1.807, 2.05) is 49.0 Å². The Morgan fingerprint density at radius 3 is 2.97 bits per heavy atom. The molecule has 0 unspecified atom stereocenters. The van der Waals surface area contributed by atoms with Gasteiger partial charge in [-0.05, 0) is 53.8 Å². The van der Waals surface area contributed by atoms with Crippen molar-refractivity contribution in [3.05, 3.63) is 69.8 Å². The van der Waals surface area contributed by atoms with E-state index in [9.17, 15) is 8.78 Å². The lowest BCUT2D eigenvalue weighted by Crippen LogP contribution is -2.30. The van der Waals surface area contributed by atoms with Crippen molar-refractivity contribution in [1.29, 1.82) is 5.41 Å². The quantitative estimate of drug-likeness (QED) is 0.535. The Bertz CT molecular complexity index is 1100. The Hall–Kier alpha value is -3.22. The first kappa shape index (κ1) is 21.0. The fourth-order valence-corrected chi connectivity index (χ4v) is 3.69. The molecule has 1 aromatic rings. The highest BCUT2D eigenvalue weighted by Gasteiger charge is 2.20. The van der Waals surface area contributed by atoms with E-state index < -0.39 is 6.43 Å². The number of nitrogens with one attached hydrogen (secondary N) is 3. The average molecular weight is 424 g/mol. The van der Waals surface area contributed by atoms with Crippen LogP contribution in [0.3, 0.4) is 0 Å².